The molecule has 5 heteroatoms. The van der Waals surface area contributed by atoms with Gasteiger partial charge in [0, 0.05) is 23.9 Å². The van der Waals surface area contributed by atoms with E-state index < -0.39 is 0 Å². The van der Waals surface area contributed by atoms with Crippen LogP contribution in [0.4, 0.5) is 5.69 Å². The molecule has 0 radical (unpaired) electrons. The molecule has 0 fully saturated rings. The van der Waals surface area contributed by atoms with Crippen LogP contribution >= 0.6 is 0 Å². The molecule has 0 atom stereocenters. The van der Waals surface area contributed by atoms with Crippen molar-refractivity contribution in [3.8, 4) is 23.0 Å². The van der Waals surface area contributed by atoms with Crippen molar-refractivity contribution in [1.82, 2.24) is 0 Å². The molecule has 0 saturated carbocycles. The zero-order valence-corrected chi connectivity index (χ0v) is 12.1. The van der Waals surface area contributed by atoms with Crippen LogP contribution in [-0.2, 0) is 6.54 Å². The number of nitrogens with one attached hydrogen (secondary N) is 1. The van der Waals surface area contributed by atoms with Gasteiger partial charge >= 0.3 is 0 Å². The van der Waals surface area contributed by atoms with Gasteiger partial charge in [0.05, 0.1) is 13.7 Å². The van der Waals surface area contributed by atoms with E-state index in [4.69, 9.17) is 9.47 Å². The Balaban J connectivity index is 2.09. The second kappa shape index (κ2) is 6.74. The van der Waals surface area contributed by atoms with E-state index in [1.807, 2.05) is 19.1 Å². The number of benzene rings is 2. The van der Waals surface area contributed by atoms with Gasteiger partial charge in [-0.2, -0.15) is 0 Å². The van der Waals surface area contributed by atoms with Gasteiger partial charge in [-0.25, -0.2) is 0 Å². The van der Waals surface area contributed by atoms with E-state index in [9.17, 15) is 10.2 Å². The summed E-state index contributed by atoms with van der Waals surface area (Å²) in [5, 5.41) is 23.0. The number of phenolic OH excluding ortho intramolecular Hbond substituents is 2. The van der Waals surface area contributed by atoms with E-state index >= 15 is 0 Å². The van der Waals surface area contributed by atoms with Crippen LogP contribution in [0.3, 0.4) is 0 Å². The second-order valence-corrected chi connectivity index (χ2v) is 4.44. The number of para-hydroxylation sites is 1. The molecule has 5 nitrogen and oxygen atoms in total. The van der Waals surface area contributed by atoms with Crippen molar-refractivity contribution in [1.29, 1.82) is 0 Å². The molecule has 0 amide bonds. The monoisotopic (exact) mass is 289 g/mol. The van der Waals surface area contributed by atoms with Crippen LogP contribution in [-0.4, -0.2) is 23.9 Å². The van der Waals surface area contributed by atoms with Crippen molar-refractivity contribution in [3.05, 3.63) is 42.0 Å². The largest absolute Gasteiger partial charge is 0.504 e. The molecule has 2 rings (SSSR count). The zero-order valence-electron chi connectivity index (χ0n) is 12.1. The molecule has 0 aliphatic rings. The Bertz CT molecular complexity index is 613. The minimum Gasteiger partial charge on any atom is -0.504 e. The number of aromatic hydroxyl groups is 2. The van der Waals surface area contributed by atoms with Crippen LogP contribution in [0.15, 0.2) is 36.4 Å². The van der Waals surface area contributed by atoms with Crippen molar-refractivity contribution < 1.29 is 19.7 Å². The van der Waals surface area contributed by atoms with Crippen molar-refractivity contribution in [3.63, 3.8) is 0 Å². The molecule has 2 aromatic carbocycles. The molecule has 0 aliphatic heterocycles. The summed E-state index contributed by atoms with van der Waals surface area (Å²) in [5.41, 5.74) is 1.45. The third-order valence-corrected chi connectivity index (χ3v) is 3.04. The van der Waals surface area contributed by atoms with Gasteiger partial charge in [0.25, 0.3) is 0 Å². The Hall–Kier alpha value is -2.56. The van der Waals surface area contributed by atoms with Gasteiger partial charge in [-0.15, -0.1) is 0 Å². The summed E-state index contributed by atoms with van der Waals surface area (Å²) in [7, 11) is 1.50. The second-order valence-electron chi connectivity index (χ2n) is 4.44. The first-order valence-electron chi connectivity index (χ1n) is 6.70. The van der Waals surface area contributed by atoms with Crippen LogP contribution in [0, 0.1) is 0 Å². The normalized spacial score (nSPS) is 10.2. The quantitative estimate of drug-likeness (QED) is 0.762. The van der Waals surface area contributed by atoms with Crippen molar-refractivity contribution >= 4 is 5.69 Å². The minimum atomic E-state index is 0.0646. The molecule has 0 aromatic heterocycles. The number of methoxy groups -OCH3 is 1. The van der Waals surface area contributed by atoms with Crippen molar-refractivity contribution in [2.45, 2.75) is 13.5 Å². The highest BCUT2D eigenvalue weighted by Gasteiger charge is 2.08. The van der Waals surface area contributed by atoms with E-state index in [1.54, 1.807) is 24.3 Å². The average molecular weight is 289 g/mol. The smallest absolute Gasteiger partial charge is 0.162 e. The zero-order chi connectivity index (χ0) is 15.2. The van der Waals surface area contributed by atoms with Crippen molar-refractivity contribution in [2.24, 2.45) is 0 Å². The van der Waals surface area contributed by atoms with E-state index in [2.05, 4.69) is 5.32 Å². The third-order valence-electron chi connectivity index (χ3n) is 3.04. The fraction of sp³-hybridized carbons (Fsp3) is 0.250. The van der Waals surface area contributed by atoms with Gasteiger partial charge in [-0.1, -0.05) is 12.1 Å². The van der Waals surface area contributed by atoms with Gasteiger partial charge in [-0.3, -0.25) is 0 Å². The first-order chi connectivity index (χ1) is 10.2. The highest BCUT2D eigenvalue weighted by atomic mass is 16.5. The van der Waals surface area contributed by atoms with Gasteiger partial charge < -0.3 is 25.0 Å². The summed E-state index contributed by atoms with van der Waals surface area (Å²) >= 11 is 0. The Morgan fingerprint density at radius 3 is 2.57 bits per heavy atom. The lowest BCUT2D eigenvalue weighted by Gasteiger charge is -2.12. The summed E-state index contributed by atoms with van der Waals surface area (Å²) in [6.45, 7) is 2.78. The predicted octanol–water partition coefficient (Wildman–Crippen LogP) is 3.12. The number of phenols is 2. The molecule has 112 valence electrons. The van der Waals surface area contributed by atoms with E-state index in [0.717, 1.165) is 11.3 Å². The Morgan fingerprint density at radius 1 is 1.10 bits per heavy atom. The average Bonchev–Trinajstić information content (AvgIpc) is 2.48. The molecular formula is C16H19NO4. The molecule has 0 unspecified atom stereocenters. The molecule has 0 heterocycles. The van der Waals surface area contributed by atoms with Gasteiger partial charge in [0.1, 0.15) is 0 Å². The maximum absolute atomic E-state index is 10.1. The predicted molar refractivity (Wildman–Crippen MR) is 81.3 cm³/mol. The van der Waals surface area contributed by atoms with Gasteiger partial charge in [-0.05, 0) is 25.1 Å². The molecular weight excluding hydrogens is 270 g/mol. The summed E-state index contributed by atoms with van der Waals surface area (Å²) in [6.07, 6.45) is 0. The number of rotatable bonds is 6. The molecule has 0 aliphatic carbocycles. The molecule has 0 spiro atoms. The molecule has 0 saturated heterocycles. The van der Waals surface area contributed by atoms with Crippen molar-refractivity contribution in [2.75, 3.05) is 19.0 Å². The number of ether oxygens (including phenoxy) is 2. The molecule has 21 heavy (non-hydrogen) atoms. The van der Waals surface area contributed by atoms with Crippen LogP contribution in [0.25, 0.3) is 0 Å². The van der Waals surface area contributed by atoms with Gasteiger partial charge in [0.15, 0.2) is 23.0 Å². The maximum atomic E-state index is 10.1. The first kappa shape index (κ1) is 14.8. The Morgan fingerprint density at radius 2 is 1.90 bits per heavy atom. The Labute approximate surface area is 123 Å². The number of hydrogen-bond donors (Lipinski definition) is 3. The number of anilines is 1. The molecule has 0 bridgehead atoms. The SMILES string of the molecule is CCOc1cccc(CNc2ccc(OC)c(O)c2)c1O. The lowest BCUT2D eigenvalue weighted by atomic mass is 10.1. The fourth-order valence-electron chi connectivity index (χ4n) is 1.98. The van der Waals surface area contributed by atoms with Crippen LogP contribution in [0.5, 0.6) is 23.0 Å². The third kappa shape index (κ3) is 3.51. The topological polar surface area (TPSA) is 71.0 Å². The van der Waals surface area contributed by atoms with Crippen LogP contribution in [0.2, 0.25) is 0 Å². The van der Waals surface area contributed by atoms with Crippen LogP contribution < -0.4 is 14.8 Å². The van der Waals surface area contributed by atoms with E-state index in [-0.39, 0.29) is 11.5 Å². The molecule has 3 N–H and O–H groups in total. The first-order valence-corrected chi connectivity index (χ1v) is 6.70. The fourth-order valence-corrected chi connectivity index (χ4v) is 1.98. The molecule has 2 aromatic rings. The minimum absolute atomic E-state index is 0.0646. The van der Waals surface area contributed by atoms with E-state index in [1.165, 1.54) is 7.11 Å². The summed E-state index contributed by atoms with van der Waals surface area (Å²) < 4.78 is 10.3. The summed E-state index contributed by atoms with van der Waals surface area (Å²) in [5.74, 6) is 1.08. The summed E-state index contributed by atoms with van der Waals surface area (Å²) in [4.78, 5) is 0. The highest BCUT2D eigenvalue weighted by Crippen LogP contribution is 2.32. The highest BCUT2D eigenvalue weighted by molar-refractivity contribution is 5.55. The summed E-state index contributed by atoms with van der Waals surface area (Å²) in [6, 6.07) is 10.4. The maximum Gasteiger partial charge on any atom is 0.162 e. The van der Waals surface area contributed by atoms with Gasteiger partial charge in [0.2, 0.25) is 0 Å². The standard InChI is InChI=1S/C16H19NO4/c1-3-21-15-6-4-5-11(16(15)19)10-17-12-7-8-14(20-2)13(18)9-12/h4-9,17-19H,3,10H2,1-2H3. The van der Waals surface area contributed by atoms with E-state index in [0.29, 0.717) is 24.7 Å². The lowest BCUT2D eigenvalue weighted by Crippen LogP contribution is -2.01. The van der Waals surface area contributed by atoms with Crippen LogP contribution in [0.1, 0.15) is 12.5 Å². The lowest BCUT2D eigenvalue weighted by molar-refractivity contribution is 0.317. The Kier molecular flexibility index (Phi) is 4.77. The number of hydrogen-bond acceptors (Lipinski definition) is 5.